The van der Waals surface area contributed by atoms with Crippen LogP contribution in [0.1, 0.15) is 11.1 Å². The minimum atomic E-state index is -3.47. The Morgan fingerprint density at radius 3 is 2.57 bits per heavy atom. The zero-order chi connectivity index (χ0) is 20.3. The Hall–Kier alpha value is -1.74. The molecular formula is C20H27N3O3S2. The van der Waals surface area contributed by atoms with Crippen molar-refractivity contribution < 1.29 is 12.6 Å². The third-order valence-corrected chi connectivity index (χ3v) is 7.81. The van der Waals surface area contributed by atoms with Crippen molar-refractivity contribution in [2.24, 2.45) is 0 Å². The average Bonchev–Trinajstić information content (AvgIpc) is 2.94. The predicted octanol–water partition coefficient (Wildman–Crippen LogP) is 1.96. The fourth-order valence-corrected chi connectivity index (χ4v) is 5.52. The second-order valence-corrected chi connectivity index (χ2v) is 10.4. The van der Waals surface area contributed by atoms with Gasteiger partial charge in [0.25, 0.3) is 0 Å². The molecule has 8 heteroatoms. The number of benzene rings is 2. The third-order valence-electron chi connectivity index (χ3n) is 4.89. The van der Waals surface area contributed by atoms with Crippen LogP contribution in [-0.2, 0) is 27.2 Å². The molecular weight excluding hydrogens is 394 g/mol. The minimum absolute atomic E-state index is 0.289. The molecule has 0 aromatic heterocycles. The van der Waals surface area contributed by atoms with Crippen LogP contribution in [0.3, 0.4) is 0 Å². The first-order valence-corrected chi connectivity index (χ1v) is 12.0. The van der Waals surface area contributed by atoms with E-state index in [1.807, 2.05) is 38.1 Å². The number of nitrogens with zero attached hydrogens (tertiary/aromatic N) is 2. The summed E-state index contributed by atoms with van der Waals surface area (Å²) in [6, 6.07) is 13.0. The lowest BCUT2D eigenvalue weighted by atomic mass is 10.1. The van der Waals surface area contributed by atoms with Crippen molar-refractivity contribution in [2.75, 3.05) is 44.5 Å². The van der Waals surface area contributed by atoms with Gasteiger partial charge in [-0.2, -0.15) is 0 Å². The first-order chi connectivity index (χ1) is 13.3. The number of hydrogen-bond acceptors (Lipinski definition) is 5. The van der Waals surface area contributed by atoms with Gasteiger partial charge in [0.05, 0.1) is 32.2 Å². The van der Waals surface area contributed by atoms with Crippen LogP contribution in [0.4, 0.5) is 5.69 Å². The van der Waals surface area contributed by atoms with Gasteiger partial charge < -0.3 is 9.80 Å². The van der Waals surface area contributed by atoms with E-state index in [2.05, 4.69) is 15.7 Å². The van der Waals surface area contributed by atoms with Crippen LogP contribution >= 0.6 is 0 Å². The highest BCUT2D eigenvalue weighted by Gasteiger charge is 2.22. The molecule has 152 valence electrons. The Balaban J connectivity index is 1.47. The van der Waals surface area contributed by atoms with E-state index in [0.717, 1.165) is 34.7 Å². The summed E-state index contributed by atoms with van der Waals surface area (Å²) in [5, 5.41) is 0. The second-order valence-electron chi connectivity index (χ2n) is 7.24. The predicted molar refractivity (Wildman–Crippen MR) is 114 cm³/mol. The van der Waals surface area contributed by atoms with Crippen LogP contribution in [0.15, 0.2) is 52.3 Å². The Morgan fingerprint density at radius 2 is 1.86 bits per heavy atom. The van der Waals surface area contributed by atoms with Crippen molar-refractivity contribution in [1.29, 1.82) is 0 Å². The molecule has 1 unspecified atom stereocenters. The van der Waals surface area contributed by atoms with Crippen molar-refractivity contribution in [3.8, 4) is 0 Å². The smallest absolute Gasteiger partial charge is 0.240 e. The van der Waals surface area contributed by atoms with Crippen LogP contribution in [0.2, 0.25) is 0 Å². The quantitative estimate of drug-likeness (QED) is 0.706. The summed E-state index contributed by atoms with van der Waals surface area (Å²) in [6.45, 7) is 3.69. The fourth-order valence-electron chi connectivity index (χ4n) is 3.13. The van der Waals surface area contributed by atoms with E-state index in [4.69, 9.17) is 0 Å². The van der Waals surface area contributed by atoms with Crippen molar-refractivity contribution in [1.82, 2.24) is 9.62 Å². The van der Waals surface area contributed by atoms with Gasteiger partial charge in [0, 0.05) is 26.7 Å². The van der Waals surface area contributed by atoms with E-state index in [0.29, 0.717) is 19.0 Å². The van der Waals surface area contributed by atoms with Crippen molar-refractivity contribution in [2.45, 2.75) is 23.1 Å². The molecule has 1 heterocycles. The van der Waals surface area contributed by atoms with E-state index < -0.39 is 20.8 Å². The number of likely N-dealkylation sites (N-methyl/N-ethyl adjacent to an activating group) is 1. The first-order valence-electron chi connectivity index (χ1n) is 9.23. The molecule has 0 saturated carbocycles. The van der Waals surface area contributed by atoms with Crippen molar-refractivity contribution in [3.05, 3.63) is 53.6 Å². The molecule has 0 radical (unpaired) electrons. The number of sulfonamides is 1. The van der Waals surface area contributed by atoms with Crippen LogP contribution < -0.4 is 9.62 Å². The highest BCUT2D eigenvalue weighted by atomic mass is 32.2. The molecule has 1 N–H and O–H groups in total. The normalized spacial score (nSPS) is 16.6. The van der Waals surface area contributed by atoms with Gasteiger partial charge in [-0.25, -0.2) is 13.1 Å². The lowest BCUT2D eigenvalue weighted by Crippen LogP contribution is -2.33. The number of nitrogens with one attached hydrogen (secondary N) is 1. The van der Waals surface area contributed by atoms with Gasteiger partial charge in [-0.3, -0.25) is 4.21 Å². The molecule has 2 aromatic rings. The Kier molecular flexibility index (Phi) is 6.54. The summed E-state index contributed by atoms with van der Waals surface area (Å²) in [5.41, 5.74) is 3.22. The van der Waals surface area contributed by atoms with E-state index in [9.17, 15) is 12.6 Å². The molecule has 28 heavy (non-hydrogen) atoms. The summed E-state index contributed by atoms with van der Waals surface area (Å²) < 4.78 is 39.4. The van der Waals surface area contributed by atoms with Gasteiger partial charge >= 0.3 is 0 Å². The molecule has 3 rings (SSSR count). The van der Waals surface area contributed by atoms with Gasteiger partial charge in [0.15, 0.2) is 0 Å². The summed E-state index contributed by atoms with van der Waals surface area (Å²) in [6.07, 6.45) is 0.829. The Morgan fingerprint density at radius 1 is 1.14 bits per heavy atom. The highest BCUT2D eigenvalue weighted by Crippen LogP contribution is 2.30. The Bertz CT molecular complexity index is 959. The molecule has 1 atom stereocenters. The lowest BCUT2D eigenvalue weighted by Gasteiger charge is -2.17. The van der Waals surface area contributed by atoms with Gasteiger partial charge in [-0.15, -0.1) is 0 Å². The minimum Gasteiger partial charge on any atom is -0.361 e. The number of aryl methyl sites for hydroxylation is 1. The number of fused-ring (bicyclic) bond motifs is 1. The van der Waals surface area contributed by atoms with E-state index in [1.54, 1.807) is 24.3 Å². The summed E-state index contributed by atoms with van der Waals surface area (Å²) in [7, 11) is -0.500. The van der Waals surface area contributed by atoms with Crippen molar-refractivity contribution >= 4 is 26.5 Å². The average molecular weight is 422 g/mol. The fraction of sp³-hybridized carbons (Fsp3) is 0.400. The molecule has 6 nitrogen and oxygen atoms in total. The molecule has 2 aromatic carbocycles. The molecule has 0 amide bonds. The third kappa shape index (κ3) is 5.00. The zero-order valence-corrected chi connectivity index (χ0v) is 18.1. The molecule has 0 spiro atoms. The van der Waals surface area contributed by atoms with Crippen LogP contribution in [0, 0.1) is 6.92 Å². The second kappa shape index (κ2) is 8.73. The number of anilines is 1. The largest absolute Gasteiger partial charge is 0.361 e. The standard InChI is InChI=1S/C20H27N3O3S2/c1-16-4-7-18(8-5-16)28(25,26)21-11-13-22(2)12-10-17-6-9-19-20(14-17)27(24)15-23(19)3/h4-9,14,21H,10-13,15H2,1-3H3. The van der Waals surface area contributed by atoms with Gasteiger partial charge in [-0.05, 0) is 50.2 Å². The van der Waals surface area contributed by atoms with Crippen molar-refractivity contribution in [3.63, 3.8) is 0 Å². The lowest BCUT2D eigenvalue weighted by molar-refractivity contribution is 0.343. The maximum atomic E-state index is 12.3. The van der Waals surface area contributed by atoms with E-state index in [1.165, 1.54) is 0 Å². The molecule has 0 aliphatic carbocycles. The van der Waals surface area contributed by atoms with E-state index >= 15 is 0 Å². The topological polar surface area (TPSA) is 69.7 Å². The zero-order valence-electron chi connectivity index (χ0n) is 16.5. The van der Waals surface area contributed by atoms with Crippen LogP contribution in [-0.4, -0.2) is 57.1 Å². The summed E-state index contributed by atoms with van der Waals surface area (Å²) in [4.78, 5) is 5.31. The summed E-state index contributed by atoms with van der Waals surface area (Å²) in [5.74, 6) is 0.555. The molecule has 0 saturated heterocycles. The molecule has 1 aliphatic heterocycles. The molecule has 0 bridgehead atoms. The number of rotatable bonds is 8. The summed E-state index contributed by atoms with van der Waals surface area (Å²) >= 11 is 0. The first kappa shape index (κ1) is 21.0. The number of hydrogen-bond donors (Lipinski definition) is 1. The van der Waals surface area contributed by atoms with Gasteiger partial charge in [-0.1, -0.05) is 23.8 Å². The molecule has 0 fully saturated rings. The van der Waals surface area contributed by atoms with Crippen LogP contribution in [0.25, 0.3) is 0 Å². The van der Waals surface area contributed by atoms with Gasteiger partial charge in [0.2, 0.25) is 10.0 Å². The Labute approximate surface area is 170 Å². The SMILES string of the molecule is Cc1ccc(S(=O)(=O)NCCN(C)CCc2ccc3c(c2)S(=O)CN3C)cc1. The van der Waals surface area contributed by atoms with E-state index in [-0.39, 0.29) is 4.90 Å². The maximum absolute atomic E-state index is 12.3. The maximum Gasteiger partial charge on any atom is 0.240 e. The van der Waals surface area contributed by atoms with Crippen LogP contribution in [0.5, 0.6) is 0 Å². The van der Waals surface area contributed by atoms with Gasteiger partial charge in [0.1, 0.15) is 0 Å². The monoisotopic (exact) mass is 421 g/mol. The molecule has 1 aliphatic rings. The highest BCUT2D eigenvalue weighted by molar-refractivity contribution is 7.89.